The van der Waals surface area contributed by atoms with Crippen LogP contribution in [-0.4, -0.2) is 55.7 Å². The molecule has 2 aromatic carbocycles. The standard InChI is InChI=1S/C27H31NO4/c1-28-15-14-26-23-19-10-11-21(30-2)24(23)32-25(26)20(29)12-13-27(26,22(28)17-19)31-16-6-9-18-7-4-3-5-8-18/h3-5,7-8,10-11,22,25H,6,9,12-17H2,1-2H3/t22-,25?,26+,27-/m1/s1. The van der Waals surface area contributed by atoms with Crippen LogP contribution in [0.25, 0.3) is 0 Å². The molecule has 2 bridgehead atoms. The molecule has 2 aliphatic carbocycles. The van der Waals surface area contributed by atoms with Crippen molar-refractivity contribution in [2.24, 2.45) is 0 Å². The number of benzene rings is 2. The number of likely N-dealkylation sites (N-methyl/N-ethyl adjacent to an activating group) is 1. The van der Waals surface area contributed by atoms with Crippen LogP contribution in [0.3, 0.4) is 0 Å². The zero-order valence-electron chi connectivity index (χ0n) is 18.9. The lowest BCUT2D eigenvalue weighted by atomic mass is 9.49. The average Bonchev–Trinajstić information content (AvgIpc) is 3.18. The van der Waals surface area contributed by atoms with Crippen LogP contribution in [0.4, 0.5) is 0 Å². The van der Waals surface area contributed by atoms with Gasteiger partial charge in [-0.15, -0.1) is 0 Å². The van der Waals surface area contributed by atoms with Crippen LogP contribution in [0, 0.1) is 0 Å². The summed E-state index contributed by atoms with van der Waals surface area (Å²) in [7, 11) is 3.89. The van der Waals surface area contributed by atoms with Gasteiger partial charge >= 0.3 is 0 Å². The molecule has 0 aromatic heterocycles. The van der Waals surface area contributed by atoms with E-state index < -0.39 is 17.1 Å². The van der Waals surface area contributed by atoms with Crippen molar-refractivity contribution in [1.29, 1.82) is 0 Å². The van der Waals surface area contributed by atoms with Crippen molar-refractivity contribution in [3.8, 4) is 11.5 Å². The van der Waals surface area contributed by atoms with Gasteiger partial charge in [-0.3, -0.25) is 4.79 Å². The Bertz CT molecular complexity index is 1050. The van der Waals surface area contributed by atoms with E-state index in [0.29, 0.717) is 13.0 Å². The van der Waals surface area contributed by atoms with Crippen LogP contribution >= 0.6 is 0 Å². The highest BCUT2D eigenvalue weighted by atomic mass is 16.5. The minimum Gasteiger partial charge on any atom is -0.493 e. The summed E-state index contributed by atoms with van der Waals surface area (Å²) in [6.07, 6.45) is 4.58. The molecule has 5 heteroatoms. The maximum absolute atomic E-state index is 13.2. The largest absolute Gasteiger partial charge is 0.493 e. The van der Waals surface area contributed by atoms with E-state index in [1.807, 2.05) is 6.07 Å². The molecule has 2 heterocycles. The van der Waals surface area contributed by atoms with Gasteiger partial charge in [0.1, 0.15) is 0 Å². The molecule has 2 aromatic rings. The zero-order valence-corrected chi connectivity index (χ0v) is 18.9. The third-order valence-corrected chi connectivity index (χ3v) is 8.50. The fourth-order valence-corrected chi connectivity index (χ4v) is 7.13. The summed E-state index contributed by atoms with van der Waals surface area (Å²) in [5.41, 5.74) is 3.01. The highest BCUT2D eigenvalue weighted by Crippen LogP contribution is 2.65. The molecule has 4 aliphatic rings. The molecule has 0 amide bonds. The molecule has 1 unspecified atom stereocenters. The van der Waals surface area contributed by atoms with Gasteiger partial charge in [-0.25, -0.2) is 0 Å². The molecular weight excluding hydrogens is 402 g/mol. The smallest absolute Gasteiger partial charge is 0.174 e. The van der Waals surface area contributed by atoms with Gasteiger partial charge in [-0.1, -0.05) is 36.4 Å². The van der Waals surface area contributed by atoms with E-state index >= 15 is 0 Å². The van der Waals surface area contributed by atoms with Crippen molar-refractivity contribution < 1.29 is 19.0 Å². The van der Waals surface area contributed by atoms with Gasteiger partial charge in [0.05, 0.1) is 18.1 Å². The predicted octanol–water partition coefficient (Wildman–Crippen LogP) is 3.71. The summed E-state index contributed by atoms with van der Waals surface area (Å²) in [6.45, 7) is 1.64. The SMILES string of the molecule is COc1ccc2c3c1OC1C(=O)CC[C@@]4(OCCCc5ccccc5)[C@@H](C2)N(C)CC[C@]314. The number of aryl methyl sites for hydroxylation is 1. The first kappa shape index (κ1) is 20.3. The monoisotopic (exact) mass is 433 g/mol. The number of hydrogen-bond acceptors (Lipinski definition) is 5. The minimum atomic E-state index is -0.466. The van der Waals surface area contributed by atoms with Gasteiger partial charge < -0.3 is 19.1 Å². The number of piperidine rings is 1. The Morgan fingerprint density at radius 3 is 2.81 bits per heavy atom. The van der Waals surface area contributed by atoms with E-state index in [1.165, 1.54) is 16.7 Å². The highest BCUT2D eigenvalue weighted by molar-refractivity contribution is 5.90. The Balaban J connectivity index is 1.40. The Morgan fingerprint density at radius 1 is 1.16 bits per heavy atom. The Kier molecular flexibility index (Phi) is 4.63. The van der Waals surface area contributed by atoms with Gasteiger partial charge in [0.15, 0.2) is 23.4 Å². The summed E-state index contributed by atoms with van der Waals surface area (Å²) < 4.78 is 19.1. The first-order valence-corrected chi connectivity index (χ1v) is 11.9. The number of nitrogens with zero attached hydrogens (tertiary/aromatic N) is 1. The molecule has 0 radical (unpaired) electrons. The molecule has 0 N–H and O–H groups in total. The summed E-state index contributed by atoms with van der Waals surface area (Å²) in [6, 6.07) is 15.0. The van der Waals surface area contributed by atoms with Gasteiger partial charge in [0, 0.05) is 24.6 Å². The van der Waals surface area contributed by atoms with Gasteiger partial charge in [-0.05, 0) is 62.9 Å². The third-order valence-electron chi connectivity index (χ3n) is 8.50. The van der Waals surface area contributed by atoms with Crippen molar-refractivity contribution in [2.75, 3.05) is 27.3 Å². The maximum Gasteiger partial charge on any atom is 0.174 e. The van der Waals surface area contributed by atoms with E-state index in [1.54, 1.807) is 7.11 Å². The van der Waals surface area contributed by atoms with Crippen LogP contribution in [0.1, 0.15) is 42.4 Å². The Labute approximate surface area is 189 Å². The van der Waals surface area contributed by atoms with Crippen LogP contribution < -0.4 is 9.47 Å². The number of carbonyl (C=O) groups is 1. The van der Waals surface area contributed by atoms with Gasteiger partial charge in [-0.2, -0.15) is 0 Å². The molecule has 1 saturated carbocycles. The third kappa shape index (κ3) is 2.55. The summed E-state index contributed by atoms with van der Waals surface area (Å²) in [5, 5.41) is 0. The number of carbonyl (C=O) groups excluding carboxylic acids is 1. The summed E-state index contributed by atoms with van der Waals surface area (Å²) in [5.74, 6) is 1.73. The molecule has 4 atom stereocenters. The second-order valence-corrected chi connectivity index (χ2v) is 9.84. The van der Waals surface area contributed by atoms with Crippen molar-refractivity contribution >= 4 is 5.78 Å². The van der Waals surface area contributed by atoms with Gasteiger partial charge in [0.25, 0.3) is 0 Å². The van der Waals surface area contributed by atoms with E-state index in [-0.39, 0.29) is 11.8 Å². The predicted molar refractivity (Wildman–Crippen MR) is 122 cm³/mol. The van der Waals surface area contributed by atoms with Crippen LogP contribution in [0.5, 0.6) is 11.5 Å². The Hall–Kier alpha value is -2.37. The lowest BCUT2D eigenvalue weighted by Crippen LogP contribution is -2.77. The van der Waals surface area contributed by atoms with E-state index in [2.05, 4.69) is 48.3 Å². The summed E-state index contributed by atoms with van der Waals surface area (Å²) in [4.78, 5) is 15.7. The Morgan fingerprint density at radius 2 is 2.00 bits per heavy atom. The van der Waals surface area contributed by atoms with Gasteiger partial charge in [0.2, 0.25) is 0 Å². The minimum absolute atomic E-state index is 0.211. The molecule has 1 spiro atoms. The highest BCUT2D eigenvalue weighted by Gasteiger charge is 2.73. The second-order valence-electron chi connectivity index (χ2n) is 9.84. The summed E-state index contributed by atoms with van der Waals surface area (Å²) >= 11 is 0. The number of rotatable bonds is 6. The van der Waals surface area contributed by atoms with Crippen LogP contribution in [0.2, 0.25) is 0 Å². The fraction of sp³-hybridized carbons (Fsp3) is 0.519. The number of ketones is 1. The molecular formula is C27H31NO4. The van der Waals surface area contributed by atoms with E-state index in [9.17, 15) is 4.79 Å². The molecule has 1 saturated heterocycles. The van der Waals surface area contributed by atoms with Crippen molar-refractivity contribution in [3.05, 3.63) is 59.2 Å². The lowest BCUT2D eigenvalue weighted by molar-refractivity contribution is -0.210. The maximum atomic E-state index is 13.2. The first-order chi connectivity index (χ1) is 15.6. The number of ether oxygens (including phenoxy) is 3. The van der Waals surface area contributed by atoms with Crippen LogP contribution in [-0.2, 0) is 27.8 Å². The lowest BCUT2D eigenvalue weighted by Gasteiger charge is -2.64. The number of methoxy groups -OCH3 is 1. The van der Waals surface area contributed by atoms with E-state index in [4.69, 9.17) is 14.2 Å². The molecule has 2 fully saturated rings. The molecule has 6 rings (SSSR count). The second kappa shape index (κ2) is 7.32. The number of hydrogen-bond donors (Lipinski definition) is 0. The van der Waals surface area contributed by atoms with E-state index in [0.717, 1.165) is 50.1 Å². The number of Topliss-reactive ketones (excluding diaryl/α,β-unsaturated/α-hetero) is 1. The molecule has 32 heavy (non-hydrogen) atoms. The van der Waals surface area contributed by atoms with Crippen molar-refractivity contribution in [1.82, 2.24) is 4.90 Å². The fourth-order valence-electron chi connectivity index (χ4n) is 7.13. The topological polar surface area (TPSA) is 48.0 Å². The first-order valence-electron chi connectivity index (χ1n) is 11.9. The number of likely N-dealkylation sites (tertiary alicyclic amines) is 1. The van der Waals surface area contributed by atoms with Crippen molar-refractivity contribution in [3.63, 3.8) is 0 Å². The quantitative estimate of drug-likeness (QED) is 0.650. The molecule has 2 aliphatic heterocycles. The zero-order chi connectivity index (χ0) is 21.9. The molecule has 5 nitrogen and oxygen atoms in total. The normalized spacial score (nSPS) is 32.4. The average molecular weight is 434 g/mol. The van der Waals surface area contributed by atoms with Crippen molar-refractivity contribution in [2.45, 2.75) is 61.7 Å². The van der Waals surface area contributed by atoms with Crippen LogP contribution in [0.15, 0.2) is 42.5 Å². The molecule has 168 valence electrons.